The number of Topliss-reactive ketones (excluding diaryl/α,β-unsaturated/α-hetero) is 1. The second kappa shape index (κ2) is 9.44. The van der Waals surface area contributed by atoms with Crippen LogP contribution in [-0.4, -0.2) is 45.4 Å². The fourth-order valence-corrected chi connectivity index (χ4v) is 4.87. The Bertz CT molecular complexity index is 1050. The number of hydrogen-bond acceptors (Lipinski definition) is 8. The van der Waals surface area contributed by atoms with Crippen LogP contribution >= 0.6 is 23.1 Å². The third-order valence-corrected chi connectivity index (χ3v) is 6.41. The fourth-order valence-electron chi connectivity index (χ4n) is 3.09. The van der Waals surface area contributed by atoms with Gasteiger partial charge in [-0.15, -0.1) is 10.2 Å². The van der Waals surface area contributed by atoms with Crippen molar-refractivity contribution < 1.29 is 14.3 Å². The predicted octanol–water partition coefficient (Wildman–Crippen LogP) is 4.53. The number of ether oxygens (including phenoxy) is 1. The number of esters is 1. The number of thioether (sulfide) groups is 1. The smallest absolute Gasteiger partial charge is 0.337 e. The molecule has 0 aliphatic heterocycles. The summed E-state index contributed by atoms with van der Waals surface area (Å²) in [7, 11) is 1.36. The highest BCUT2D eigenvalue weighted by atomic mass is 32.2. The summed E-state index contributed by atoms with van der Waals surface area (Å²) in [5.41, 5.74) is 3.87. The van der Waals surface area contributed by atoms with E-state index in [4.69, 9.17) is 4.74 Å². The first-order valence-electron chi connectivity index (χ1n) is 9.44. The minimum Gasteiger partial charge on any atom is -0.465 e. The maximum Gasteiger partial charge on any atom is 0.337 e. The summed E-state index contributed by atoms with van der Waals surface area (Å²) in [6.07, 6.45) is 0. The molecule has 3 aromatic rings. The van der Waals surface area contributed by atoms with Crippen LogP contribution in [0.15, 0.2) is 34.7 Å². The number of nitrogens with one attached hydrogen (secondary N) is 1. The number of hydrogen-bond donors (Lipinski definition) is 1. The van der Waals surface area contributed by atoms with Crippen LogP contribution in [0.1, 0.15) is 46.0 Å². The van der Waals surface area contributed by atoms with Crippen molar-refractivity contribution in [3.8, 4) is 5.69 Å². The summed E-state index contributed by atoms with van der Waals surface area (Å²) in [6.45, 7) is 7.96. The Labute approximate surface area is 183 Å². The number of carbonyl (C=O) groups is 2. The van der Waals surface area contributed by atoms with Gasteiger partial charge in [-0.3, -0.25) is 4.79 Å². The van der Waals surface area contributed by atoms with Crippen molar-refractivity contribution in [2.24, 2.45) is 0 Å². The minimum atomic E-state index is -0.376. The third kappa shape index (κ3) is 4.91. The van der Waals surface area contributed by atoms with Crippen LogP contribution in [0.2, 0.25) is 0 Å². The number of nitrogens with zero attached hydrogens (tertiary/aromatic N) is 3. The van der Waals surface area contributed by atoms with E-state index in [1.165, 1.54) is 30.2 Å². The lowest BCUT2D eigenvalue weighted by atomic mass is 10.2. The highest BCUT2D eigenvalue weighted by Crippen LogP contribution is 2.28. The molecule has 1 aromatic carbocycles. The highest BCUT2D eigenvalue weighted by molar-refractivity contribution is 8.01. The van der Waals surface area contributed by atoms with Gasteiger partial charge in [0, 0.05) is 28.7 Å². The normalized spacial score (nSPS) is 11.0. The Morgan fingerprint density at radius 3 is 2.53 bits per heavy atom. The molecule has 2 aromatic heterocycles. The molecule has 0 unspecified atom stereocenters. The topological polar surface area (TPSA) is 86.1 Å². The van der Waals surface area contributed by atoms with Crippen LogP contribution in [0.5, 0.6) is 0 Å². The summed E-state index contributed by atoms with van der Waals surface area (Å²) in [5.74, 6) is -0.0417. The van der Waals surface area contributed by atoms with Crippen LogP contribution in [0, 0.1) is 13.8 Å². The van der Waals surface area contributed by atoms with E-state index in [2.05, 4.69) is 15.5 Å². The average Bonchev–Trinajstić information content (AvgIpc) is 3.28. The number of aromatic nitrogens is 3. The van der Waals surface area contributed by atoms with Gasteiger partial charge in [0.2, 0.25) is 5.13 Å². The number of carbonyl (C=O) groups excluding carboxylic acids is 2. The summed E-state index contributed by atoms with van der Waals surface area (Å²) >= 11 is 2.84. The van der Waals surface area contributed by atoms with Crippen LogP contribution in [0.4, 0.5) is 5.13 Å². The highest BCUT2D eigenvalue weighted by Gasteiger charge is 2.18. The van der Waals surface area contributed by atoms with Crippen LogP contribution in [0.3, 0.4) is 0 Å². The lowest BCUT2D eigenvalue weighted by Gasteiger charge is -2.10. The number of benzene rings is 1. The molecule has 1 N–H and O–H groups in total. The zero-order valence-electron chi connectivity index (χ0n) is 17.6. The molecule has 0 atom stereocenters. The van der Waals surface area contributed by atoms with E-state index in [1.54, 1.807) is 12.1 Å². The van der Waals surface area contributed by atoms with E-state index in [9.17, 15) is 9.59 Å². The zero-order valence-corrected chi connectivity index (χ0v) is 19.2. The quantitative estimate of drug-likeness (QED) is 0.310. The molecule has 0 saturated carbocycles. The van der Waals surface area contributed by atoms with Crippen molar-refractivity contribution in [1.29, 1.82) is 0 Å². The molecular formula is C21H24N4O3S2. The number of aryl methyl sites for hydroxylation is 1. The van der Waals surface area contributed by atoms with Crippen molar-refractivity contribution in [3.05, 3.63) is 52.8 Å². The Balaban J connectivity index is 1.73. The third-order valence-electron chi connectivity index (χ3n) is 4.42. The predicted molar refractivity (Wildman–Crippen MR) is 120 cm³/mol. The Morgan fingerprint density at radius 2 is 1.90 bits per heavy atom. The van der Waals surface area contributed by atoms with Gasteiger partial charge in [0.05, 0.1) is 18.4 Å². The molecule has 3 rings (SSSR count). The Kier molecular flexibility index (Phi) is 6.94. The molecule has 0 spiro atoms. The summed E-state index contributed by atoms with van der Waals surface area (Å²) in [5, 5.41) is 12.2. The first-order chi connectivity index (χ1) is 14.3. The van der Waals surface area contributed by atoms with Gasteiger partial charge < -0.3 is 14.6 Å². The number of rotatable bonds is 8. The zero-order chi connectivity index (χ0) is 21.8. The summed E-state index contributed by atoms with van der Waals surface area (Å²) in [6, 6.07) is 9.31. The van der Waals surface area contributed by atoms with E-state index in [0.29, 0.717) is 16.9 Å². The van der Waals surface area contributed by atoms with Gasteiger partial charge in [-0.05, 0) is 58.0 Å². The molecule has 0 saturated heterocycles. The van der Waals surface area contributed by atoms with E-state index < -0.39 is 0 Å². The maximum atomic E-state index is 12.8. The number of ketones is 1. The van der Waals surface area contributed by atoms with Crippen molar-refractivity contribution in [2.45, 2.75) is 38.1 Å². The lowest BCUT2D eigenvalue weighted by Crippen LogP contribution is -2.08. The molecule has 0 aliphatic carbocycles. The van der Waals surface area contributed by atoms with Gasteiger partial charge in [-0.2, -0.15) is 0 Å². The monoisotopic (exact) mass is 444 g/mol. The largest absolute Gasteiger partial charge is 0.465 e. The van der Waals surface area contributed by atoms with Crippen LogP contribution in [-0.2, 0) is 4.74 Å². The van der Waals surface area contributed by atoms with E-state index in [1.807, 2.05) is 50.5 Å². The van der Waals surface area contributed by atoms with Crippen molar-refractivity contribution >= 4 is 40.0 Å². The molecule has 9 heteroatoms. The molecule has 0 radical (unpaired) electrons. The molecule has 7 nitrogen and oxygen atoms in total. The maximum absolute atomic E-state index is 12.8. The van der Waals surface area contributed by atoms with Gasteiger partial charge in [0.15, 0.2) is 10.1 Å². The Morgan fingerprint density at radius 1 is 1.20 bits per heavy atom. The SMILES string of the molecule is COC(=O)c1ccc(-n2c(C)cc(C(=O)CSc3nnc(NC(C)C)s3)c2C)cc1. The molecule has 30 heavy (non-hydrogen) atoms. The molecule has 0 aliphatic rings. The average molecular weight is 445 g/mol. The van der Waals surface area contributed by atoms with Gasteiger partial charge in [0.25, 0.3) is 0 Å². The second-order valence-electron chi connectivity index (χ2n) is 7.04. The van der Waals surface area contributed by atoms with Crippen molar-refractivity contribution in [3.63, 3.8) is 0 Å². The van der Waals surface area contributed by atoms with E-state index >= 15 is 0 Å². The molecule has 2 heterocycles. The molecule has 158 valence electrons. The van der Waals surface area contributed by atoms with E-state index in [-0.39, 0.29) is 17.8 Å². The molecule has 0 amide bonds. The first kappa shape index (κ1) is 22.0. The minimum absolute atomic E-state index is 0.0408. The summed E-state index contributed by atoms with van der Waals surface area (Å²) < 4.78 is 7.51. The number of anilines is 1. The molecule has 0 bridgehead atoms. The summed E-state index contributed by atoms with van der Waals surface area (Å²) in [4.78, 5) is 24.5. The Hall–Kier alpha value is -2.65. The van der Waals surface area contributed by atoms with Gasteiger partial charge in [0.1, 0.15) is 0 Å². The van der Waals surface area contributed by atoms with Crippen LogP contribution < -0.4 is 5.32 Å². The molecule has 0 fully saturated rings. The molecular weight excluding hydrogens is 420 g/mol. The van der Waals surface area contributed by atoms with Gasteiger partial charge >= 0.3 is 5.97 Å². The number of methoxy groups -OCH3 is 1. The first-order valence-corrected chi connectivity index (χ1v) is 11.2. The van der Waals surface area contributed by atoms with E-state index in [0.717, 1.165) is 26.5 Å². The van der Waals surface area contributed by atoms with Gasteiger partial charge in [-0.1, -0.05) is 23.1 Å². The van der Waals surface area contributed by atoms with Crippen molar-refractivity contribution in [1.82, 2.24) is 14.8 Å². The van der Waals surface area contributed by atoms with Crippen LogP contribution in [0.25, 0.3) is 5.69 Å². The lowest BCUT2D eigenvalue weighted by molar-refractivity contribution is 0.0600. The van der Waals surface area contributed by atoms with Crippen molar-refractivity contribution in [2.75, 3.05) is 18.2 Å². The second-order valence-corrected chi connectivity index (χ2v) is 9.24. The standard InChI is InChI=1S/C21H24N4O3S2/c1-12(2)22-20-23-24-21(30-20)29-11-18(26)17-10-13(3)25(14(17)4)16-8-6-15(7-9-16)19(27)28-5/h6-10,12H,11H2,1-5H3,(H,22,23). The van der Waals surface area contributed by atoms with Gasteiger partial charge in [-0.25, -0.2) is 4.79 Å². The fraction of sp³-hybridized carbons (Fsp3) is 0.333.